The molecule has 1 aromatic carbocycles. The molecule has 1 N–H and O–H groups in total. The molecule has 9 heteroatoms. The fourth-order valence-corrected chi connectivity index (χ4v) is 5.10. The molecule has 224 valence electrons. The fraction of sp³-hybridized carbons (Fsp3) is 0.767. The first-order chi connectivity index (χ1) is 18.9. The van der Waals surface area contributed by atoms with Gasteiger partial charge in [0, 0.05) is 42.0 Å². The molecule has 5 atom stereocenters. The minimum absolute atomic E-state index is 0.222. The summed E-state index contributed by atoms with van der Waals surface area (Å²) >= 11 is 13.1. The van der Waals surface area contributed by atoms with Crippen LogP contribution < -0.4 is 0 Å². The average Bonchev–Trinajstić information content (AvgIpc) is 2.90. The zero-order chi connectivity index (χ0) is 28.6. The van der Waals surface area contributed by atoms with E-state index >= 15 is 0 Å². The predicted molar refractivity (Wildman–Crippen MR) is 155 cm³/mol. The Hall–Kier alpha value is -0.930. The summed E-state index contributed by atoms with van der Waals surface area (Å²) in [6.45, 7) is 11.1. The van der Waals surface area contributed by atoms with Gasteiger partial charge in [-0.1, -0.05) is 76.6 Å². The molecule has 1 aliphatic rings. The number of halogens is 2. The standard InChI is InChI=1S/C30H48Cl2O7/c1-5-9-13-35-20-25-28(36-14-10-6-2)30(38-16-12-8-4)29(37-15-11-7-3)27(39-25)22-17-21(18-26(33)34)23(31)19-24(22)32/h17,19,25,27-30H,5-16,18,20H2,1-4H3,(H,33,34)/t25-,27?,28-,29+,30+/m1/s1. The van der Waals surface area contributed by atoms with E-state index in [0.29, 0.717) is 54.2 Å². The van der Waals surface area contributed by atoms with Crippen molar-refractivity contribution < 1.29 is 33.6 Å². The van der Waals surface area contributed by atoms with Crippen molar-refractivity contribution in [3.05, 3.63) is 33.3 Å². The van der Waals surface area contributed by atoms with Crippen LogP contribution in [0.1, 0.15) is 96.3 Å². The van der Waals surface area contributed by atoms with Crippen LogP contribution in [0.4, 0.5) is 0 Å². The minimum atomic E-state index is -0.974. The van der Waals surface area contributed by atoms with Crippen molar-refractivity contribution in [2.24, 2.45) is 0 Å². The van der Waals surface area contributed by atoms with Gasteiger partial charge in [-0.3, -0.25) is 4.79 Å². The molecule has 1 heterocycles. The van der Waals surface area contributed by atoms with E-state index in [-0.39, 0.29) is 12.5 Å². The predicted octanol–water partition coefficient (Wildman–Crippen LogP) is 7.43. The molecule has 0 aliphatic carbocycles. The first kappa shape index (κ1) is 34.3. The maximum Gasteiger partial charge on any atom is 0.307 e. The van der Waals surface area contributed by atoms with Gasteiger partial charge in [-0.25, -0.2) is 0 Å². The van der Waals surface area contributed by atoms with Crippen molar-refractivity contribution in [1.29, 1.82) is 0 Å². The highest BCUT2D eigenvalue weighted by Gasteiger charge is 2.49. The van der Waals surface area contributed by atoms with Gasteiger partial charge in [-0.05, 0) is 43.4 Å². The lowest BCUT2D eigenvalue weighted by atomic mass is 9.89. The van der Waals surface area contributed by atoms with Crippen LogP contribution in [-0.4, -0.2) is 68.5 Å². The number of carboxylic acids is 1. The Morgan fingerprint density at radius 2 is 1.33 bits per heavy atom. The van der Waals surface area contributed by atoms with Gasteiger partial charge < -0.3 is 28.8 Å². The largest absolute Gasteiger partial charge is 0.481 e. The van der Waals surface area contributed by atoms with Gasteiger partial charge in [0.25, 0.3) is 0 Å². The molecular weight excluding hydrogens is 543 g/mol. The van der Waals surface area contributed by atoms with Gasteiger partial charge in [-0.2, -0.15) is 0 Å². The second-order valence-electron chi connectivity index (χ2n) is 10.1. The zero-order valence-electron chi connectivity index (χ0n) is 24.1. The van der Waals surface area contributed by atoms with Crippen molar-refractivity contribution in [2.45, 2.75) is 116 Å². The second kappa shape index (κ2) is 19.2. The van der Waals surface area contributed by atoms with E-state index in [1.807, 2.05) is 0 Å². The number of ether oxygens (including phenoxy) is 5. The number of unbranched alkanes of at least 4 members (excludes halogenated alkanes) is 4. The molecule has 39 heavy (non-hydrogen) atoms. The lowest BCUT2D eigenvalue weighted by molar-refractivity contribution is -0.268. The Labute approximate surface area is 244 Å². The molecule has 0 bridgehead atoms. The molecule has 0 aromatic heterocycles. The Balaban J connectivity index is 2.53. The zero-order valence-corrected chi connectivity index (χ0v) is 25.6. The highest BCUT2D eigenvalue weighted by Crippen LogP contribution is 2.41. The summed E-state index contributed by atoms with van der Waals surface area (Å²) < 4.78 is 32.2. The number of carboxylic acid groups (broad SMARTS) is 1. The van der Waals surface area contributed by atoms with Crippen molar-refractivity contribution in [3.63, 3.8) is 0 Å². The molecule has 1 aromatic rings. The van der Waals surface area contributed by atoms with Gasteiger partial charge in [0.05, 0.1) is 13.0 Å². The lowest BCUT2D eigenvalue weighted by Crippen LogP contribution is -2.58. The van der Waals surface area contributed by atoms with E-state index in [0.717, 1.165) is 51.4 Å². The van der Waals surface area contributed by atoms with E-state index in [1.54, 1.807) is 12.1 Å². The van der Waals surface area contributed by atoms with E-state index in [1.165, 1.54) is 0 Å². The van der Waals surface area contributed by atoms with Crippen molar-refractivity contribution in [1.82, 2.24) is 0 Å². The fourth-order valence-electron chi connectivity index (χ4n) is 4.54. The molecule has 0 spiro atoms. The van der Waals surface area contributed by atoms with Gasteiger partial charge >= 0.3 is 5.97 Å². The van der Waals surface area contributed by atoms with Crippen LogP contribution in [0.15, 0.2) is 12.1 Å². The Kier molecular flexibility index (Phi) is 16.9. The van der Waals surface area contributed by atoms with E-state index in [9.17, 15) is 9.90 Å². The summed E-state index contributed by atoms with van der Waals surface area (Å²) in [6.07, 6.45) is 5.13. The van der Waals surface area contributed by atoms with Gasteiger partial charge in [-0.15, -0.1) is 0 Å². The van der Waals surface area contributed by atoms with E-state index in [4.69, 9.17) is 46.9 Å². The molecule has 0 radical (unpaired) electrons. The summed E-state index contributed by atoms with van der Waals surface area (Å²) in [5.74, 6) is -0.974. The van der Waals surface area contributed by atoms with Crippen molar-refractivity contribution in [2.75, 3.05) is 33.0 Å². The first-order valence-corrected chi connectivity index (χ1v) is 15.4. The number of hydrogen-bond acceptors (Lipinski definition) is 6. The van der Waals surface area contributed by atoms with Crippen LogP contribution in [0.3, 0.4) is 0 Å². The second-order valence-corrected chi connectivity index (χ2v) is 10.9. The third-order valence-electron chi connectivity index (χ3n) is 6.80. The molecule has 1 saturated heterocycles. The molecule has 1 fully saturated rings. The number of benzene rings is 1. The van der Waals surface area contributed by atoms with Crippen LogP contribution in [0.5, 0.6) is 0 Å². The molecule has 0 saturated carbocycles. The lowest BCUT2D eigenvalue weighted by Gasteiger charge is -2.46. The Morgan fingerprint density at radius 3 is 1.90 bits per heavy atom. The summed E-state index contributed by atoms with van der Waals surface area (Å²) in [5, 5.41) is 10.1. The summed E-state index contributed by atoms with van der Waals surface area (Å²) in [7, 11) is 0. The molecule has 7 nitrogen and oxygen atoms in total. The average molecular weight is 592 g/mol. The molecular formula is C30H48Cl2O7. The number of hydrogen-bond donors (Lipinski definition) is 1. The van der Waals surface area contributed by atoms with Gasteiger partial charge in [0.15, 0.2) is 0 Å². The van der Waals surface area contributed by atoms with Crippen LogP contribution in [0, 0.1) is 0 Å². The third-order valence-corrected chi connectivity index (χ3v) is 7.48. The third kappa shape index (κ3) is 11.1. The monoisotopic (exact) mass is 590 g/mol. The van der Waals surface area contributed by atoms with Crippen molar-refractivity contribution >= 4 is 29.2 Å². The molecule has 0 amide bonds. The maximum atomic E-state index is 11.5. The molecule has 1 aliphatic heterocycles. The van der Waals surface area contributed by atoms with Gasteiger partial charge in [0.2, 0.25) is 0 Å². The molecule has 1 unspecified atom stereocenters. The molecule has 2 rings (SSSR count). The first-order valence-electron chi connectivity index (χ1n) is 14.6. The quantitative estimate of drug-likeness (QED) is 0.158. The summed E-state index contributed by atoms with van der Waals surface area (Å²) in [6, 6.07) is 3.32. The highest BCUT2D eigenvalue weighted by molar-refractivity contribution is 6.35. The van der Waals surface area contributed by atoms with Crippen molar-refractivity contribution in [3.8, 4) is 0 Å². The van der Waals surface area contributed by atoms with Gasteiger partial charge in [0.1, 0.15) is 30.5 Å². The van der Waals surface area contributed by atoms with Crippen LogP contribution in [-0.2, 0) is 34.9 Å². The Bertz CT molecular complexity index is 838. The SMILES string of the molecule is CCCCOC[C@H]1OC(c2cc(CC(=O)O)c(Cl)cc2Cl)[C@H](OCCCC)[C@@H](OCCCC)[C@@H]1OCCCC. The summed E-state index contributed by atoms with van der Waals surface area (Å²) in [4.78, 5) is 11.5. The van der Waals surface area contributed by atoms with E-state index < -0.39 is 30.4 Å². The smallest absolute Gasteiger partial charge is 0.307 e. The van der Waals surface area contributed by atoms with Crippen LogP contribution in [0.2, 0.25) is 10.0 Å². The highest BCUT2D eigenvalue weighted by atomic mass is 35.5. The number of aliphatic carboxylic acids is 1. The maximum absolute atomic E-state index is 11.5. The normalized spacial score (nSPS) is 23.3. The Morgan fingerprint density at radius 1 is 0.795 bits per heavy atom. The minimum Gasteiger partial charge on any atom is -0.481 e. The summed E-state index contributed by atoms with van der Waals surface area (Å²) in [5.41, 5.74) is 1.11. The number of rotatable bonds is 20. The topological polar surface area (TPSA) is 83.5 Å². The van der Waals surface area contributed by atoms with Crippen LogP contribution in [0.25, 0.3) is 0 Å². The van der Waals surface area contributed by atoms with E-state index in [2.05, 4.69) is 27.7 Å². The number of carbonyl (C=O) groups is 1. The van der Waals surface area contributed by atoms with Crippen LogP contribution >= 0.6 is 23.2 Å².